The fraction of sp³-hybridized carbons (Fsp3) is 0.196. The van der Waals surface area contributed by atoms with E-state index in [2.05, 4.69) is 23.7 Å². The number of aryl methyl sites for hydroxylation is 2. The molecule has 0 bridgehead atoms. The van der Waals surface area contributed by atoms with Crippen LogP contribution < -0.4 is 10.1 Å². The number of para-hydroxylation sites is 1. The molecule has 0 saturated heterocycles. The molecule has 0 spiro atoms. The molecule has 62 heavy (non-hydrogen) atoms. The molecule has 0 fully saturated rings. The van der Waals surface area contributed by atoms with Gasteiger partial charge in [0.1, 0.15) is 33.8 Å². The zero-order valence-corrected chi connectivity index (χ0v) is 34.7. The average Bonchev–Trinajstić information content (AvgIpc) is 3.54. The van der Waals surface area contributed by atoms with Gasteiger partial charge in [0.25, 0.3) is 0 Å². The van der Waals surface area contributed by atoms with E-state index in [4.69, 9.17) is 14.9 Å². The molecule has 6 rings (SSSR count). The number of nitrogens with zero attached hydrogens (tertiary/aromatic N) is 1. The number of aliphatic hydroxyl groups is 2. The summed E-state index contributed by atoms with van der Waals surface area (Å²) in [5.41, 5.74) is 4.99. The minimum absolute atomic E-state index is 0.0728. The number of phenolic OH excluding ortho intramolecular Hbond substituents is 1. The number of aliphatic hydroxyl groups excluding tert-OH is 2. The van der Waals surface area contributed by atoms with Crippen molar-refractivity contribution in [1.29, 1.82) is 0 Å². The molecule has 0 unspecified atom stereocenters. The van der Waals surface area contributed by atoms with E-state index in [0.29, 0.717) is 16.9 Å². The minimum atomic E-state index is -4.15. The third-order valence-corrected chi connectivity index (χ3v) is 11.3. The zero-order chi connectivity index (χ0) is 45.5. The first kappa shape index (κ1) is 46.2. The molecule has 0 aliphatic carbocycles. The molecule has 0 aliphatic rings. The van der Waals surface area contributed by atoms with E-state index in [1.807, 2.05) is 24.3 Å². The number of aromatic nitrogens is 1. The molecule has 0 radical (unpaired) electrons. The predicted molar refractivity (Wildman–Crippen MR) is 228 cm³/mol. The van der Waals surface area contributed by atoms with Gasteiger partial charge in [-0.2, -0.15) is 0 Å². The lowest BCUT2D eigenvalue weighted by Gasteiger charge is -2.15. The number of carboxylic acid groups (broad SMARTS) is 2. The van der Waals surface area contributed by atoms with E-state index in [9.17, 15) is 46.9 Å². The van der Waals surface area contributed by atoms with Crippen LogP contribution in [0.4, 0.5) is 14.5 Å². The highest BCUT2D eigenvalue weighted by molar-refractivity contribution is 7.91. The van der Waals surface area contributed by atoms with Crippen molar-refractivity contribution >= 4 is 50.3 Å². The number of benzene rings is 5. The number of ether oxygens (including phenoxy) is 1. The molecule has 1 aromatic heterocycles. The Morgan fingerprint density at radius 3 is 2.02 bits per heavy atom. The number of amides is 1. The molecule has 2 atom stereocenters. The highest BCUT2D eigenvalue weighted by atomic mass is 32.2. The number of rotatable bonds is 13. The molecule has 5 aromatic carbocycles. The van der Waals surface area contributed by atoms with Gasteiger partial charge in [-0.25, -0.2) is 22.0 Å². The summed E-state index contributed by atoms with van der Waals surface area (Å²) in [7, 11) is -4.15. The Morgan fingerprint density at radius 1 is 0.839 bits per heavy atom. The smallest absolute Gasteiger partial charge is 0.394 e. The van der Waals surface area contributed by atoms with Gasteiger partial charge in [0.05, 0.1) is 23.5 Å². The largest absolute Gasteiger partial charge is 0.507 e. The van der Waals surface area contributed by atoms with Gasteiger partial charge in [0, 0.05) is 46.4 Å². The Hall–Kier alpha value is -6.88. The van der Waals surface area contributed by atoms with Crippen molar-refractivity contribution in [2.75, 3.05) is 5.32 Å². The molecule has 16 heteroatoms. The van der Waals surface area contributed by atoms with Crippen LogP contribution in [0.1, 0.15) is 49.6 Å². The average molecular weight is 871 g/mol. The van der Waals surface area contributed by atoms with Crippen molar-refractivity contribution in [2.24, 2.45) is 0 Å². The van der Waals surface area contributed by atoms with Crippen LogP contribution in [-0.2, 0) is 24.2 Å². The number of hydrogen-bond donors (Lipinski definition) is 6. The van der Waals surface area contributed by atoms with Crippen molar-refractivity contribution in [3.63, 3.8) is 0 Å². The summed E-state index contributed by atoms with van der Waals surface area (Å²) < 4.78 is 60.4. The number of hydrogen-bond acceptors (Lipinski definition) is 9. The Balaban J connectivity index is 0.000000235. The van der Waals surface area contributed by atoms with Crippen molar-refractivity contribution in [3.8, 4) is 28.4 Å². The number of anilines is 1. The first-order valence-electron chi connectivity index (χ1n) is 19.1. The number of carbonyl (C=O) groups excluding carboxylic acids is 1. The lowest BCUT2D eigenvalue weighted by Crippen LogP contribution is -2.21. The molecule has 324 valence electrons. The van der Waals surface area contributed by atoms with E-state index in [-0.39, 0.29) is 34.6 Å². The van der Waals surface area contributed by atoms with Crippen molar-refractivity contribution in [2.45, 2.75) is 68.6 Å². The van der Waals surface area contributed by atoms with Gasteiger partial charge in [-0.15, -0.1) is 0 Å². The second-order valence-electron chi connectivity index (χ2n) is 14.5. The summed E-state index contributed by atoms with van der Waals surface area (Å²) in [6, 6.07) is 25.2. The number of carboxylic acids is 2. The third kappa shape index (κ3) is 11.1. The normalized spacial score (nSPS) is 12.5. The van der Waals surface area contributed by atoms with Crippen LogP contribution in [0.5, 0.6) is 17.2 Å². The first-order valence-corrected chi connectivity index (χ1v) is 20.6. The molecule has 6 aromatic rings. The van der Waals surface area contributed by atoms with E-state index in [1.54, 1.807) is 38.1 Å². The molecule has 0 aliphatic heterocycles. The van der Waals surface area contributed by atoms with Crippen molar-refractivity contribution in [3.05, 3.63) is 138 Å². The van der Waals surface area contributed by atoms with Crippen LogP contribution in [0.2, 0.25) is 0 Å². The molecule has 1 amide bonds. The monoisotopic (exact) mass is 870 g/mol. The van der Waals surface area contributed by atoms with Gasteiger partial charge in [-0.3, -0.25) is 9.59 Å². The number of phenols is 1. The maximum absolute atomic E-state index is 13.5. The fourth-order valence-electron chi connectivity index (χ4n) is 6.77. The van der Waals surface area contributed by atoms with E-state index < -0.39 is 62.8 Å². The standard InChI is InChI=1S/C24H26FNO4.C22H18FNO7S/c1-15(2)26-21-6-4-3-5-20(21)24(16-7-9-17(25)10-8-16)22(26)12-11-18(27)13-19(28)14-23(29)30;1-12-9-15(24-21(26)22(27)28)10-13(2)20(12)31-16-5-8-18(25)19(11-16)32(29,30)17-6-3-14(23)4-7-17/h3-12,15,18-19,27-28H,13-14H2,1-2H3,(H,29,30);3-11,25H,1-2H3,(H,24,26)(H,27,28)/b12-11+;/t18-,19-;/m1./s1. The number of nitrogens with one attached hydrogen (secondary N) is 1. The molecule has 6 N–H and O–H groups in total. The number of halogens is 2. The van der Waals surface area contributed by atoms with Crippen molar-refractivity contribution < 1.29 is 61.9 Å². The van der Waals surface area contributed by atoms with E-state index in [1.165, 1.54) is 30.3 Å². The number of aromatic hydroxyl groups is 1. The lowest BCUT2D eigenvalue weighted by molar-refractivity contribution is -0.147. The van der Waals surface area contributed by atoms with Crippen LogP contribution in [0.25, 0.3) is 28.1 Å². The van der Waals surface area contributed by atoms with Gasteiger partial charge in [-0.05, 0) is 117 Å². The van der Waals surface area contributed by atoms with Crippen LogP contribution in [0, 0.1) is 25.5 Å². The van der Waals surface area contributed by atoms with Crippen LogP contribution in [0.15, 0.2) is 119 Å². The van der Waals surface area contributed by atoms with Gasteiger partial charge < -0.3 is 40.2 Å². The quantitative estimate of drug-likeness (QED) is 0.0479. The summed E-state index contributed by atoms with van der Waals surface area (Å²) in [6.07, 6.45) is 0.727. The number of aliphatic carboxylic acids is 2. The first-order chi connectivity index (χ1) is 29.3. The molecule has 1 heterocycles. The summed E-state index contributed by atoms with van der Waals surface area (Å²) in [6.45, 7) is 7.45. The van der Waals surface area contributed by atoms with Gasteiger partial charge in [0.2, 0.25) is 9.84 Å². The summed E-state index contributed by atoms with van der Waals surface area (Å²) >= 11 is 0. The third-order valence-electron chi connectivity index (χ3n) is 9.48. The summed E-state index contributed by atoms with van der Waals surface area (Å²) in [4.78, 5) is 32.2. The molecule has 13 nitrogen and oxygen atoms in total. The highest BCUT2D eigenvalue weighted by Crippen LogP contribution is 2.39. The van der Waals surface area contributed by atoms with Crippen LogP contribution in [0.3, 0.4) is 0 Å². The Bertz CT molecular complexity index is 2730. The van der Waals surface area contributed by atoms with Crippen LogP contribution >= 0.6 is 0 Å². The number of sulfone groups is 1. The maximum atomic E-state index is 13.5. The lowest BCUT2D eigenvalue weighted by atomic mass is 10.0. The van der Waals surface area contributed by atoms with Gasteiger partial charge >= 0.3 is 17.8 Å². The second-order valence-corrected chi connectivity index (χ2v) is 16.5. The fourth-order valence-corrected chi connectivity index (χ4v) is 8.13. The van der Waals surface area contributed by atoms with E-state index in [0.717, 1.165) is 64.1 Å². The molecule has 0 saturated carbocycles. The van der Waals surface area contributed by atoms with Crippen molar-refractivity contribution in [1.82, 2.24) is 4.57 Å². The second kappa shape index (κ2) is 19.7. The Labute approximate surface area is 355 Å². The Kier molecular flexibility index (Phi) is 14.7. The SMILES string of the molecule is CC(C)n1c(/C=C/[C@@H](O)C[C@@H](O)CC(=O)O)c(-c2ccc(F)cc2)c2ccccc21.Cc1cc(NC(=O)C(=O)O)cc(C)c1Oc1ccc(O)c(S(=O)(=O)c2ccc(F)cc2)c1. The van der Waals surface area contributed by atoms with Crippen LogP contribution in [-0.4, -0.2) is 68.6 Å². The zero-order valence-electron chi connectivity index (χ0n) is 33.9. The molecular formula is C46H44F2N2O11S. The van der Waals surface area contributed by atoms with E-state index >= 15 is 0 Å². The minimum Gasteiger partial charge on any atom is -0.507 e. The van der Waals surface area contributed by atoms with Gasteiger partial charge in [0.15, 0.2) is 0 Å². The molecular weight excluding hydrogens is 827 g/mol. The topological polar surface area (TPSA) is 213 Å². The summed E-state index contributed by atoms with van der Waals surface area (Å²) in [5.74, 6) is -4.87. The predicted octanol–water partition coefficient (Wildman–Crippen LogP) is 8.42. The number of carbonyl (C=O) groups is 3. The number of fused-ring (bicyclic) bond motifs is 1. The maximum Gasteiger partial charge on any atom is 0.394 e. The van der Waals surface area contributed by atoms with Gasteiger partial charge in [-0.1, -0.05) is 36.4 Å². The summed E-state index contributed by atoms with van der Waals surface area (Å²) in [5, 5.41) is 51.0. The Morgan fingerprint density at radius 2 is 1.44 bits per heavy atom. The highest BCUT2D eigenvalue weighted by Gasteiger charge is 2.24.